The van der Waals surface area contributed by atoms with Gasteiger partial charge in [0.25, 0.3) is 10.0 Å². The standard InChI is InChI=1S/C13H11BrF2N2O4S2/c14-8-3-10(16)11(4-9(8)15)18-24(21,22)13-5-17-12-6-23(19,20)2-1-7(12)13/h3-5,17-18H,1-2,6H2. The summed E-state index contributed by atoms with van der Waals surface area (Å²) in [5, 5.41) is 0. The van der Waals surface area contributed by atoms with Gasteiger partial charge in [-0.15, -0.1) is 0 Å². The van der Waals surface area contributed by atoms with Crippen molar-refractivity contribution in [3.05, 3.63) is 45.7 Å². The second kappa shape index (κ2) is 5.81. The lowest BCUT2D eigenvalue weighted by Crippen LogP contribution is -2.21. The van der Waals surface area contributed by atoms with Crippen LogP contribution in [0.1, 0.15) is 11.3 Å². The number of fused-ring (bicyclic) bond motifs is 1. The first-order chi connectivity index (χ1) is 11.1. The molecule has 0 saturated carbocycles. The summed E-state index contributed by atoms with van der Waals surface area (Å²) in [6, 6.07) is 1.53. The van der Waals surface area contributed by atoms with E-state index >= 15 is 0 Å². The van der Waals surface area contributed by atoms with E-state index in [4.69, 9.17) is 0 Å². The number of hydrogen-bond acceptors (Lipinski definition) is 4. The van der Waals surface area contributed by atoms with Crippen LogP contribution in [-0.2, 0) is 32.0 Å². The lowest BCUT2D eigenvalue weighted by Gasteiger charge is -2.15. The number of aromatic amines is 1. The molecule has 2 heterocycles. The molecule has 2 aromatic rings. The summed E-state index contributed by atoms with van der Waals surface area (Å²) in [6.45, 7) is 0. The maximum absolute atomic E-state index is 13.8. The van der Waals surface area contributed by atoms with Crippen LogP contribution in [0.25, 0.3) is 0 Å². The predicted octanol–water partition coefficient (Wildman–Crippen LogP) is 2.33. The highest BCUT2D eigenvalue weighted by Gasteiger charge is 2.30. The van der Waals surface area contributed by atoms with Crippen LogP contribution in [0.15, 0.2) is 27.7 Å². The van der Waals surface area contributed by atoms with Crippen LogP contribution in [-0.4, -0.2) is 27.6 Å². The summed E-state index contributed by atoms with van der Waals surface area (Å²) in [5.41, 5.74) is 0.105. The minimum absolute atomic E-state index is 0.0363. The minimum atomic E-state index is -4.20. The molecule has 0 spiro atoms. The van der Waals surface area contributed by atoms with Crippen LogP contribution in [0.2, 0.25) is 0 Å². The molecular weight excluding hydrogens is 430 g/mol. The maximum atomic E-state index is 13.8. The molecule has 0 amide bonds. The first-order valence-electron chi connectivity index (χ1n) is 6.66. The van der Waals surface area contributed by atoms with Crippen molar-refractivity contribution in [2.75, 3.05) is 10.5 Å². The van der Waals surface area contributed by atoms with Crippen molar-refractivity contribution in [2.45, 2.75) is 17.1 Å². The van der Waals surface area contributed by atoms with Gasteiger partial charge in [0.2, 0.25) is 0 Å². The summed E-state index contributed by atoms with van der Waals surface area (Å²) in [5.74, 6) is -2.21. The first-order valence-corrected chi connectivity index (χ1v) is 10.8. The molecule has 0 atom stereocenters. The monoisotopic (exact) mass is 440 g/mol. The Morgan fingerprint density at radius 3 is 2.62 bits per heavy atom. The average Bonchev–Trinajstić information content (AvgIpc) is 2.86. The molecule has 2 N–H and O–H groups in total. The molecule has 24 heavy (non-hydrogen) atoms. The summed E-state index contributed by atoms with van der Waals surface area (Å²) < 4.78 is 77.3. The number of sulfonamides is 1. The van der Waals surface area contributed by atoms with Crippen molar-refractivity contribution in [2.24, 2.45) is 0 Å². The highest BCUT2D eigenvalue weighted by Crippen LogP contribution is 2.30. The number of aromatic nitrogens is 1. The number of rotatable bonds is 3. The average molecular weight is 441 g/mol. The molecule has 0 fully saturated rings. The SMILES string of the molecule is O=S1(=O)CCc2c(S(=O)(=O)Nc3cc(F)c(Br)cc3F)c[nH]c2C1. The highest BCUT2D eigenvalue weighted by molar-refractivity contribution is 9.10. The molecule has 0 saturated heterocycles. The molecule has 3 rings (SSSR count). The second-order valence-electron chi connectivity index (χ2n) is 5.30. The molecule has 1 aromatic heterocycles. The van der Waals surface area contributed by atoms with Gasteiger partial charge in [0.15, 0.2) is 9.84 Å². The number of benzene rings is 1. The third-order valence-corrected chi connectivity index (χ3v) is 7.20. The van der Waals surface area contributed by atoms with Crippen LogP contribution in [0.3, 0.4) is 0 Å². The van der Waals surface area contributed by atoms with E-state index in [2.05, 4.69) is 20.9 Å². The van der Waals surface area contributed by atoms with E-state index in [1.165, 1.54) is 0 Å². The Balaban J connectivity index is 1.99. The van der Waals surface area contributed by atoms with Crippen molar-refractivity contribution in [1.29, 1.82) is 0 Å². The molecular formula is C13H11BrF2N2O4S2. The quantitative estimate of drug-likeness (QED) is 0.715. The van der Waals surface area contributed by atoms with Crippen molar-refractivity contribution in [3.8, 4) is 0 Å². The molecule has 0 unspecified atom stereocenters. The molecule has 0 radical (unpaired) electrons. The van der Waals surface area contributed by atoms with E-state index in [1.807, 2.05) is 4.72 Å². The van der Waals surface area contributed by atoms with E-state index in [0.717, 1.165) is 18.3 Å². The summed E-state index contributed by atoms with van der Waals surface area (Å²) in [4.78, 5) is 2.46. The van der Waals surface area contributed by atoms with Gasteiger partial charge in [0, 0.05) is 18.0 Å². The molecule has 11 heteroatoms. The lowest BCUT2D eigenvalue weighted by molar-refractivity contribution is 0.587. The molecule has 0 bridgehead atoms. The van der Waals surface area contributed by atoms with Gasteiger partial charge in [-0.3, -0.25) is 4.72 Å². The number of H-pyrrole nitrogens is 1. The van der Waals surface area contributed by atoms with Gasteiger partial charge in [-0.05, 0) is 34.0 Å². The summed E-state index contributed by atoms with van der Waals surface area (Å²) >= 11 is 2.80. The van der Waals surface area contributed by atoms with E-state index in [1.54, 1.807) is 0 Å². The molecule has 1 aliphatic heterocycles. The number of halogens is 3. The topological polar surface area (TPSA) is 96.1 Å². The third kappa shape index (κ3) is 3.20. The fourth-order valence-corrected chi connectivity index (χ4v) is 5.46. The van der Waals surface area contributed by atoms with Gasteiger partial charge in [-0.25, -0.2) is 25.6 Å². The zero-order valence-electron chi connectivity index (χ0n) is 11.9. The molecule has 130 valence electrons. The number of hydrogen-bond donors (Lipinski definition) is 2. The Morgan fingerprint density at radius 2 is 1.92 bits per heavy atom. The first kappa shape index (κ1) is 17.4. The molecule has 1 aliphatic rings. The second-order valence-corrected chi connectivity index (χ2v) is 9.99. The predicted molar refractivity (Wildman–Crippen MR) is 86.9 cm³/mol. The van der Waals surface area contributed by atoms with E-state index in [9.17, 15) is 25.6 Å². The van der Waals surface area contributed by atoms with E-state index < -0.39 is 37.2 Å². The zero-order valence-corrected chi connectivity index (χ0v) is 15.2. The largest absolute Gasteiger partial charge is 0.363 e. The fourth-order valence-electron chi connectivity index (χ4n) is 2.47. The Labute approximate surface area is 145 Å². The van der Waals surface area contributed by atoms with Crippen molar-refractivity contribution in [1.82, 2.24) is 4.98 Å². The Morgan fingerprint density at radius 1 is 1.21 bits per heavy atom. The van der Waals surface area contributed by atoms with Crippen molar-refractivity contribution < 1.29 is 25.6 Å². The van der Waals surface area contributed by atoms with Gasteiger partial charge >= 0.3 is 0 Å². The van der Waals surface area contributed by atoms with Gasteiger partial charge in [-0.2, -0.15) is 0 Å². The third-order valence-electron chi connectivity index (χ3n) is 3.61. The molecule has 1 aromatic carbocycles. The maximum Gasteiger partial charge on any atom is 0.263 e. The van der Waals surface area contributed by atoms with E-state index in [-0.39, 0.29) is 27.3 Å². The number of anilines is 1. The Hall–Kier alpha value is -1.46. The zero-order chi connectivity index (χ0) is 17.7. The Bertz CT molecular complexity index is 1030. The summed E-state index contributed by atoms with van der Waals surface area (Å²) in [7, 11) is -7.46. The van der Waals surface area contributed by atoms with Crippen LogP contribution in [0, 0.1) is 11.6 Å². The smallest absolute Gasteiger partial charge is 0.263 e. The van der Waals surface area contributed by atoms with Crippen LogP contribution < -0.4 is 4.72 Å². The lowest BCUT2D eigenvalue weighted by atomic mass is 10.2. The minimum Gasteiger partial charge on any atom is -0.363 e. The van der Waals surface area contributed by atoms with Gasteiger partial charge in [0.1, 0.15) is 16.5 Å². The number of sulfone groups is 1. The number of nitrogens with one attached hydrogen (secondary N) is 2. The van der Waals surface area contributed by atoms with Gasteiger partial charge < -0.3 is 4.98 Å². The van der Waals surface area contributed by atoms with Crippen molar-refractivity contribution in [3.63, 3.8) is 0 Å². The normalized spacial score (nSPS) is 16.6. The Kier molecular flexibility index (Phi) is 4.21. The van der Waals surface area contributed by atoms with E-state index in [0.29, 0.717) is 11.3 Å². The van der Waals surface area contributed by atoms with Gasteiger partial charge in [-0.1, -0.05) is 0 Å². The summed E-state index contributed by atoms with van der Waals surface area (Å²) in [6.07, 6.45) is 1.19. The fraction of sp³-hybridized carbons (Fsp3) is 0.231. The van der Waals surface area contributed by atoms with Gasteiger partial charge in [0.05, 0.1) is 21.7 Å². The molecule has 6 nitrogen and oxygen atoms in total. The van der Waals surface area contributed by atoms with Crippen LogP contribution in [0.4, 0.5) is 14.5 Å². The van der Waals surface area contributed by atoms with Crippen LogP contribution >= 0.6 is 15.9 Å². The highest BCUT2D eigenvalue weighted by atomic mass is 79.9. The molecule has 0 aliphatic carbocycles. The van der Waals surface area contributed by atoms with Crippen LogP contribution in [0.5, 0.6) is 0 Å². The van der Waals surface area contributed by atoms with Crippen molar-refractivity contribution >= 4 is 41.5 Å².